The molecule has 0 bridgehead atoms. The Morgan fingerprint density at radius 1 is 1.47 bits per heavy atom. The zero-order valence-electron chi connectivity index (χ0n) is 10.2. The van der Waals surface area contributed by atoms with E-state index in [0.717, 1.165) is 12.0 Å². The van der Waals surface area contributed by atoms with Crippen LogP contribution in [0.15, 0.2) is 4.52 Å². The van der Waals surface area contributed by atoms with E-state index in [-0.39, 0.29) is 24.7 Å². The summed E-state index contributed by atoms with van der Waals surface area (Å²) in [6.45, 7) is 3.93. The van der Waals surface area contributed by atoms with Gasteiger partial charge < -0.3 is 10.3 Å². The smallest absolute Gasteiger partial charge is 0.248 e. The second-order valence-corrected chi connectivity index (χ2v) is 5.15. The molecule has 17 heavy (non-hydrogen) atoms. The Morgan fingerprint density at radius 3 is 2.76 bits per heavy atom. The number of alkyl halides is 2. The number of nitrogens with zero attached hydrogens (tertiary/aromatic N) is 1. The molecule has 1 fully saturated rings. The quantitative estimate of drug-likeness (QED) is 0.863. The molecule has 0 radical (unpaired) electrons. The van der Waals surface area contributed by atoms with Crippen LogP contribution >= 0.6 is 0 Å². The van der Waals surface area contributed by atoms with Crippen LogP contribution in [0.4, 0.5) is 14.6 Å². The van der Waals surface area contributed by atoms with Gasteiger partial charge in [0.2, 0.25) is 5.92 Å². The number of anilines is 1. The second-order valence-electron chi connectivity index (χ2n) is 5.15. The average molecular weight is 244 g/mol. The first kappa shape index (κ1) is 12.3. The summed E-state index contributed by atoms with van der Waals surface area (Å²) in [6, 6.07) is 0. The van der Waals surface area contributed by atoms with E-state index >= 15 is 0 Å². The Kier molecular flexibility index (Phi) is 3.10. The average Bonchev–Trinajstić information content (AvgIpc) is 2.58. The minimum Gasteiger partial charge on any atom is -0.381 e. The molecule has 1 saturated carbocycles. The van der Waals surface area contributed by atoms with E-state index in [1.165, 1.54) is 0 Å². The summed E-state index contributed by atoms with van der Waals surface area (Å²) in [5, 5.41) is 3.72. The lowest BCUT2D eigenvalue weighted by atomic mass is 9.82. The summed E-state index contributed by atoms with van der Waals surface area (Å²) < 4.78 is 32.0. The third kappa shape index (κ3) is 2.42. The summed E-state index contributed by atoms with van der Waals surface area (Å²) in [7, 11) is 0. The van der Waals surface area contributed by atoms with Gasteiger partial charge in [0.25, 0.3) is 0 Å². The van der Waals surface area contributed by atoms with E-state index in [1.54, 1.807) is 0 Å². The number of nitrogens with two attached hydrogens (primary N) is 1. The van der Waals surface area contributed by atoms with E-state index < -0.39 is 5.92 Å². The first-order chi connectivity index (χ1) is 7.91. The molecule has 3 nitrogen and oxygen atoms in total. The molecule has 0 amide bonds. The molecule has 0 aliphatic heterocycles. The van der Waals surface area contributed by atoms with Gasteiger partial charge in [-0.1, -0.05) is 19.0 Å². The Bertz CT molecular complexity index is 401. The molecule has 1 aromatic rings. The summed E-state index contributed by atoms with van der Waals surface area (Å²) in [5.74, 6) is -1.79. The van der Waals surface area contributed by atoms with Crippen molar-refractivity contribution in [3.8, 4) is 0 Å². The number of nitrogen functional groups attached to an aromatic ring is 1. The van der Waals surface area contributed by atoms with E-state index in [9.17, 15) is 8.78 Å². The van der Waals surface area contributed by atoms with Crippen LogP contribution in [0.1, 0.15) is 62.7 Å². The van der Waals surface area contributed by atoms with Gasteiger partial charge in [-0.3, -0.25) is 0 Å². The zero-order chi connectivity index (χ0) is 12.6. The first-order valence-corrected chi connectivity index (χ1v) is 6.03. The highest BCUT2D eigenvalue weighted by Gasteiger charge is 2.39. The Labute approximate surface area is 99.3 Å². The van der Waals surface area contributed by atoms with Crippen LogP contribution in [0.3, 0.4) is 0 Å². The van der Waals surface area contributed by atoms with Crippen LogP contribution < -0.4 is 5.73 Å². The Morgan fingerprint density at radius 2 is 2.18 bits per heavy atom. The van der Waals surface area contributed by atoms with Gasteiger partial charge in [-0.15, -0.1) is 0 Å². The topological polar surface area (TPSA) is 52.0 Å². The number of hydrogen-bond acceptors (Lipinski definition) is 3. The maximum absolute atomic E-state index is 13.4. The number of aromatic nitrogens is 1. The summed E-state index contributed by atoms with van der Waals surface area (Å²) in [4.78, 5) is 0. The molecule has 1 aromatic heterocycles. The molecule has 2 N–H and O–H groups in total. The molecule has 1 unspecified atom stereocenters. The van der Waals surface area contributed by atoms with Crippen LogP contribution in [-0.2, 0) is 0 Å². The van der Waals surface area contributed by atoms with Crippen molar-refractivity contribution in [2.24, 2.45) is 0 Å². The van der Waals surface area contributed by atoms with Crippen LogP contribution in [0.25, 0.3) is 0 Å². The van der Waals surface area contributed by atoms with Crippen LogP contribution in [0, 0.1) is 0 Å². The minimum atomic E-state index is -2.58. The molecule has 5 heteroatoms. The van der Waals surface area contributed by atoms with E-state index in [0.29, 0.717) is 18.0 Å². The lowest BCUT2D eigenvalue weighted by molar-refractivity contribution is -0.0435. The van der Waals surface area contributed by atoms with Crippen molar-refractivity contribution >= 4 is 5.82 Å². The van der Waals surface area contributed by atoms with Gasteiger partial charge in [0, 0.05) is 24.3 Å². The highest BCUT2D eigenvalue weighted by Crippen LogP contribution is 2.44. The summed E-state index contributed by atoms with van der Waals surface area (Å²) >= 11 is 0. The normalized spacial score (nSPS) is 24.2. The number of halogens is 2. The molecule has 1 aliphatic rings. The van der Waals surface area contributed by atoms with Gasteiger partial charge in [0.05, 0.1) is 0 Å². The zero-order valence-corrected chi connectivity index (χ0v) is 10.2. The molecule has 0 spiro atoms. The summed E-state index contributed by atoms with van der Waals surface area (Å²) in [6.07, 6.45) is 1.07. The third-order valence-corrected chi connectivity index (χ3v) is 3.37. The standard InChI is InChI=1S/C12H18F2N2O/c1-7(2)9-10(17-16-11(9)15)8-4-3-5-12(13,14)6-8/h7-8H,3-6H2,1-2H3,(H2,15,16). The molecular formula is C12H18F2N2O. The van der Waals surface area contributed by atoms with Crippen molar-refractivity contribution in [1.29, 1.82) is 0 Å². The minimum absolute atomic E-state index is 0.0237. The molecule has 0 aromatic carbocycles. The summed E-state index contributed by atoms with van der Waals surface area (Å²) in [5.41, 5.74) is 6.52. The van der Waals surface area contributed by atoms with Crippen LogP contribution in [0.2, 0.25) is 0 Å². The third-order valence-electron chi connectivity index (χ3n) is 3.37. The van der Waals surface area contributed by atoms with Crippen LogP contribution in [0.5, 0.6) is 0 Å². The van der Waals surface area contributed by atoms with Crippen LogP contribution in [-0.4, -0.2) is 11.1 Å². The van der Waals surface area contributed by atoms with Gasteiger partial charge in [-0.2, -0.15) is 0 Å². The molecule has 0 saturated heterocycles. The fourth-order valence-electron chi connectivity index (χ4n) is 2.59. The van der Waals surface area contributed by atoms with E-state index in [1.807, 2.05) is 13.8 Å². The maximum Gasteiger partial charge on any atom is 0.248 e. The molecule has 2 rings (SSSR count). The van der Waals surface area contributed by atoms with Gasteiger partial charge >= 0.3 is 0 Å². The largest absolute Gasteiger partial charge is 0.381 e. The Hall–Kier alpha value is -1.13. The first-order valence-electron chi connectivity index (χ1n) is 6.03. The second kappa shape index (κ2) is 4.27. The maximum atomic E-state index is 13.4. The van der Waals surface area contributed by atoms with Crippen molar-refractivity contribution in [3.63, 3.8) is 0 Å². The van der Waals surface area contributed by atoms with Gasteiger partial charge in [-0.05, 0) is 18.8 Å². The van der Waals surface area contributed by atoms with Crippen molar-refractivity contribution in [2.75, 3.05) is 5.73 Å². The molecule has 1 heterocycles. The van der Waals surface area contributed by atoms with E-state index in [4.69, 9.17) is 10.3 Å². The van der Waals surface area contributed by atoms with Crippen molar-refractivity contribution in [1.82, 2.24) is 5.16 Å². The fourth-order valence-corrected chi connectivity index (χ4v) is 2.59. The number of rotatable bonds is 2. The van der Waals surface area contributed by atoms with Gasteiger partial charge in [0.15, 0.2) is 5.82 Å². The van der Waals surface area contributed by atoms with Crippen molar-refractivity contribution < 1.29 is 13.3 Å². The van der Waals surface area contributed by atoms with Gasteiger partial charge in [-0.25, -0.2) is 8.78 Å². The predicted octanol–water partition coefficient (Wildman–Crippen LogP) is 3.67. The van der Waals surface area contributed by atoms with Gasteiger partial charge in [0.1, 0.15) is 5.76 Å². The van der Waals surface area contributed by atoms with E-state index in [2.05, 4.69) is 5.16 Å². The molecule has 96 valence electrons. The SMILES string of the molecule is CC(C)c1c(N)noc1C1CCCC(F)(F)C1. The highest BCUT2D eigenvalue weighted by atomic mass is 19.3. The molecule has 1 atom stereocenters. The monoisotopic (exact) mass is 244 g/mol. The molecule has 1 aliphatic carbocycles. The Balaban J connectivity index is 2.28. The predicted molar refractivity (Wildman–Crippen MR) is 61.2 cm³/mol. The number of hydrogen-bond donors (Lipinski definition) is 1. The fraction of sp³-hybridized carbons (Fsp3) is 0.750. The molecular weight excluding hydrogens is 226 g/mol. The highest BCUT2D eigenvalue weighted by molar-refractivity contribution is 5.44. The lowest BCUT2D eigenvalue weighted by Gasteiger charge is -2.28. The lowest BCUT2D eigenvalue weighted by Crippen LogP contribution is -2.25. The van der Waals surface area contributed by atoms with Crippen molar-refractivity contribution in [2.45, 2.75) is 57.3 Å². The van der Waals surface area contributed by atoms with Crippen molar-refractivity contribution in [3.05, 3.63) is 11.3 Å².